The maximum absolute atomic E-state index is 11.9. The first-order chi connectivity index (χ1) is 11.3. The second-order valence-corrected chi connectivity index (χ2v) is 7.43. The van der Waals surface area contributed by atoms with Crippen molar-refractivity contribution in [3.63, 3.8) is 0 Å². The van der Waals surface area contributed by atoms with Gasteiger partial charge in [-0.05, 0) is 30.3 Å². The van der Waals surface area contributed by atoms with Gasteiger partial charge in [0.2, 0.25) is 5.09 Å². The number of nitrogens with zero attached hydrogens (tertiary/aromatic N) is 1. The normalized spacial score (nSPS) is 11.5. The molecule has 0 atom stereocenters. The van der Waals surface area contributed by atoms with Crippen LogP contribution in [0.25, 0.3) is 0 Å². The number of furan rings is 1. The Hall–Kier alpha value is -2.03. The fraction of sp³-hybridized carbons (Fsp3) is 0.267. The van der Waals surface area contributed by atoms with Gasteiger partial charge in [0.15, 0.2) is 6.61 Å². The molecule has 1 aromatic heterocycles. The zero-order valence-corrected chi connectivity index (χ0v) is 14.6. The minimum absolute atomic E-state index is 0.194. The summed E-state index contributed by atoms with van der Waals surface area (Å²) in [5.74, 6) is 0.0340. The molecule has 130 valence electrons. The molecule has 0 radical (unpaired) electrons. The molecular formula is C15H16ClNO6S. The first kappa shape index (κ1) is 18.3. The number of benzene rings is 1. The van der Waals surface area contributed by atoms with Crippen LogP contribution in [0.1, 0.15) is 5.76 Å². The summed E-state index contributed by atoms with van der Waals surface area (Å²) in [5.41, 5.74) is 0. The Morgan fingerprint density at radius 1 is 1.25 bits per heavy atom. The Labute approximate surface area is 144 Å². The topological polar surface area (TPSA) is 86.0 Å². The molecule has 0 aliphatic carbocycles. The fourth-order valence-corrected chi connectivity index (χ4v) is 2.64. The van der Waals surface area contributed by atoms with Gasteiger partial charge < -0.3 is 13.9 Å². The number of ether oxygens (including phenoxy) is 2. The van der Waals surface area contributed by atoms with E-state index in [-0.39, 0.29) is 24.1 Å². The van der Waals surface area contributed by atoms with Crippen molar-refractivity contribution >= 4 is 27.6 Å². The predicted octanol–water partition coefficient (Wildman–Crippen LogP) is 2.31. The van der Waals surface area contributed by atoms with E-state index in [0.717, 1.165) is 4.31 Å². The maximum Gasteiger partial charge on any atom is 0.344 e. The lowest BCUT2D eigenvalue weighted by Crippen LogP contribution is -2.21. The number of hydrogen-bond donors (Lipinski definition) is 0. The summed E-state index contributed by atoms with van der Waals surface area (Å²) in [7, 11) is -0.869. The smallest absolute Gasteiger partial charge is 0.344 e. The van der Waals surface area contributed by atoms with E-state index in [9.17, 15) is 13.2 Å². The zero-order chi connectivity index (χ0) is 17.7. The highest BCUT2D eigenvalue weighted by atomic mass is 35.5. The third kappa shape index (κ3) is 4.73. The van der Waals surface area contributed by atoms with Crippen molar-refractivity contribution in [2.45, 2.75) is 11.7 Å². The van der Waals surface area contributed by atoms with Crippen LogP contribution in [0.4, 0.5) is 0 Å². The number of esters is 1. The first-order valence-electron chi connectivity index (χ1n) is 6.84. The third-order valence-electron chi connectivity index (χ3n) is 2.90. The second-order valence-electron chi connectivity index (χ2n) is 4.91. The highest BCUT2D eigenvalue weighted by Crippen LogP contribution is 2.18. The molecule has 0 aliphatic heterocycles. The average molecular weight is 374 g/mol. The van der Waals surface area contributed by atoms with Crippen LogP contribution >= 0.6 is 11.6 Å². The highest BCUT2D eigenvalue weighted by molar-refractivity contribution is 7.88. The molecule has 0 saturated carbocycles. The summed E-state index contributed by atoms with van der Waals surface area (Å²) >= 11 is 5.80. The lowest BCUT2D eigenvalue weighted by atomic mass is 10.3. The van der Waals surface area contributed by atoms with Gasteiger partial charge in [-0.25, -0.2) is 17.5 Å². The van der Waals surface area contributed by atoms with Crippen LogP contribution in [-0.2, 0) is 26.2 Å². The lowest BCUT2D eigenvalue weighted by molar-refractivity contribution is -0.147. The third-order valence-corrected chi connectivity index (χ3v) is 4.82. The van der Waals surface area contributed by atoms with Gasteiger partial charge in [-0.3, -0.25) is 0 Å². The molecule has 9 heteroatoms. The van der Waals surface area contributed by atoms with Crippen molar-refractivity contribution in [3.05, 3.63) is 47.2 Å². The molecule has 0 bridgehead atoms. The number of hydrogen-bond acceptors (Lipinski definition) is 6. The van der Waals surface area contributed by atoms with Crippen molar-refractivity contribution < 1.29 is 27.1 Å². The molecule has 1 aromatic carbocycles. The Bertz CT molecular complexity index is 815. The van der Waals surface area contributed by atoms with E-state index >= 15 is 0 Å². The zero-order valence-electron chi connectivity index (χ0n) is 13.1. The Balaban J connectivity index is 1.85. The van der Waals surface area contributed by atoms with E-state index in [2.05, 4.69) is 0 Å². The molecule has 7 nitrogen and oxygen atoms in total. The van der Waals surface area contributed by atoms with Gasteiger partial charge in [-0.15, -0.1) is 0 Å². The molecule has 2 rings (SSSR count). The van der Waals surface area contributed by atoms with Gasteiger partial charge in [-0.2, -0.15) is 0 Å². The van der Waals surface area contributed by atoms with Crippen molar-refractivity contribution in [1.29, 1.82) is 0 Å². The Kier molecular flexibility index (Phi) is 5.87. The molecule has 1 heterocycles. The summed E-state index contributed by atoms with van der Waals surface area (Å²) in [5, 5.41) is 0.278. The molecule has 0 unspecified atom stereocenters. The lowest BCUT2D eigenvalue weighted by Gasteiger charge is -2.08. The van der Waals surface area contributed by atoms with Crippen LogP contribution in [-0.4, -0.2) is 39.4 Å². The summed E-state index contributed by atoms with van der Waals surface area (Å²) in [6.45, 7) is -0.495. The second kappa shape index (κ2) is 7.69. The average Bonchev–Trinajstić information content (AvgIpc) is 3.00. The number of halogens is 1. The van der Waals surface area contributed by atoms with Crippen molar-refractivity contribution in [2.24, 2.45) is 0 Å². The molecule has 0 saturated heterocycles. The molecular weight excluding hydrogens is 358 g/mol. The molecule has 0 amide bonds. The maximum atomic E-state index is 11.9. The van der Waals surface area contributed by atoms with Crippen LogP contribution in [0.2, 0.25) is 5.02 Å². The highest BCUT2D eigenvalue weighted by Gasteiger charge is 2.21. The molecule has 2 aromatic rings. The van der Waals surface area contributed by atoms with E-state index < -0.39 is 16.0 Å². The number of carbonyl (C=O) groups excluding carboxylic acids is 1. The van der Waals surface area contributed by atoms with E-state index in [1.807, 2.05) is 0 Å². The molecule has 0 aliphatic rings. The number of rotatable bonds is 7. The minimum Gasteiger partial charge on any atom is -0.482 e. The van der Waals surface area contributed by atoms with Crippen LogP contribution in [0.5, 0.6) is 5.75 Å². The molecule has 0 spiro atoms. The van der Waals surface area contributed by atoms with E-state index in [0.29, 0.717) is 10.8 Å². The van der Waals surface area contributed by atoms with Crippen LogP contribution in [0, 0.1) is 0 Å². The number of sulfonamides is 1. The minimum atomic E-state index is -3.66. The van der Waals surface area contributed by atoms with Crippen LogP contribution in [0.15, 0.2) is 45.9 Å². The van der Waals surface area contributed by atoms with Crippen molar-refractivity contribution in [2.75, 3.05) is 20.7 Å². The van der Waals surface area contributed by atoms with Gasteiger partial charge >= 0.3 is 5.97 Å². The summed E-state index contributed by atoms with van der Waals surface area (Å²) in [6, 6.07) is 9.34. The Morgan fingerprint density at radius 3 is 2.67 bits per heavy atom. The van der Waals surface area contributed by atoms with E-state index in [1.54, 1.807) is 24.3 Å². The first-order valence-corrected chi connectivity index (χ1v) is 8.66. The van der Waals surface area contributed by atoms with Crippen LogP contribution < -0.4 is 4.74 Å². The summed E-state index contributed by atoms with van der Waals surface area (Å²) in [6.07, 6.45) is 0. The summed E-state index contributed by atoms with van der Waals surface area (Å²) < 4.78 is 40.1. The van der Waals surface area contributed by atoms with Gasteiger partial charge in [0, 0.05) is 19.1 Å². The largest absolute Gasteiger partial charge is 0.482 e. The molecule has 0 fully saturated rings. The SMILES string of the molecule is CN(C)S(=O)(=O)c1ccc(COC(=O)COc2cccc(Cl)c2)o1. The summed E-state index contributed by atoms with van der Waals surface area (Å²) in [4.78, 5) is 11.6. The van der Waals surface area contributed by atoms with E-state index in [4.69, 9.17) is 25.5 Å². The number of carbonyl (C=O) groups is 1. The quantitative estimate of drug-likeness (QED) is 0.692. The van der Waals surface area contributed by atoms with E-state index in [1.165, 1.54) is 26.2 Å². The fourth-order valence-electron chi connectivity index (χ4n) is 1.65. The standard InChI is InChI=1S/C15H16ClNO6S/c1-17(2)24(19,20)15-7-6-13(23-15)9-22-14(18)10-21-12-5-3-4-11(16)8-12/h3-8H,9-10H2,1-2H3. The van der Waals surface area contributed by atoms with Gasteiger partial charge in [0.25, 0.3) is 10.0 Å². The van der Waals surface area contributed by atoms with Gasteiger partial charge in [-0.1, -0.05) is 17.7 Å². The van der Waals surface area contributed by atoms with Gasteiger partial charge in [0.1, 0.15) is 18.1 Å². The monoisotopic (exact) mass is 373 g/mol. The van der Waals surface area contributed by atoms with Crippen LogP contribution in [0.3, 0.4) is 0 Å². The molecule has 24 heavy (non-hydrogen) atoms. The molecule has 0 N–H and O–H groups in total. The van der Waals surface area contributed by atoms with Crippen molar-refractivity contribution in [1.82, 2.24) is 4.31 Å². The Morgan fingerprint density at radius 2 is 2.00 bits per heavy atom. The van der Waals surface area contributed by atoms with Crippen molar-refractivity contribution in [3.8, 4) is 5.75 Å². The van der Waals surface area contributed by atoms with Gasteiger partial charge in [0.05, 0.1) is 0 Å². The predicted molar refractivity (Wildman–Crippen MR) is 86.3 cm³/mol.